The summed E-state index contributed by atoms with van der Waals surface area (Å²) in [7, 11) is 0. The van der Waals surface area contributed by atoms with Gasteiger partial charge in [0.1, 0.15) is 17.3 Å². The highest BCUT2D eigenvalue weighted by molar-refractivity contribution is 5.67. The average Bonchev–Trinajstić information content (AvgIpc) is 2.77. The normalized spacial score (nSPS) is 10.6. The van der Waals surface area contributed by atoms with E-state index in [2.05, 4.69) is 25.6 Å². The van der Waals surface area contributed by atoms with Crippen LogP contribution in [0.2, 0.25) is 0 Å². The zero-order chi connectivity index (χ0) is 21.2. The lowest BCUT2D eigenvalue weighted by Gasteiger charge is -2.11. The highest BCUT2D eigenvalue weighted by atomic mass is 16.4. The fourth-order valence-electron chi connectivity index (χ4n) is 2.89. The van der Waals surface area contributed by atoms with E-state index >= 15 is 0 Å². The third-order valence-corrected chi connectivity index (χ3v) is 4.41. The van der Waals surface area contributed by atoms with Crippen molar-refractivity contribution >= 4 is 17.6 Å². The van der Waals surface area contributed by atoms with Gasteiger partial charge in [0.05, 0.1) is 6.42 Å². The number of nitrogens with two attached hydrogens (primary N) is 1. The van der Waals surface area contributed by atoms with E-state index in [1.54, 1.807) is 12.3 Å². The molecule has 5 N–H and O–H groups in total. The number of aryl methyl sites for hydroxylation is 1. The summed E-state index contributed by atoms with van der Waals surface area (Å²) in [6, 6.07) is 15.7. The number of carbonyl (C=O) groups is 1. The lowest BCUT2D eigenvalue weighted by molar-refractivity contribution is -0.136. The van der Waals surface area contributed by atoms with Crippen molar-refractivity contribution in [3.05, 3.63) is 65.9 Å². The molecule has 8 heteroatoms. The molecule has 0 saturated carbocycles. The Labute approximate surface area is 175 Å². The van der Waals surface area contributed by atoms with Crippen molar-refractivity contribution in [3.8, 4) is 11.5 Å². The quantitative estimate of drug-likeness (QED) is 0.383. The fraction of sp³-hybridized carbons (Fsp3) is 0.273. The second-order valence-corrected chi connectivity index (χ2v) is 6.81. The van der Waals surface area contributed by atoms with E-state index in [1.807, 2.05) is 42.5 Å². The fourth-order valence-corrected chi connectivity index (χ4v) is 2.89. The number of nitrogens with one attached hydrogen (secondary N) is 2. The minimum absolute atomic E-state index is 0.00105. The zero-order valence-corrected chi connectivity index (χ0v) is 16.7. The third kappa shape index (κ3) is 6.52. The topological polar surface area (TPSA) is 126 Å². The predicted octanol–water partition coefficient (Wildman–Crippen LogP) is 2.93. The number of aromatic nitrogens is 3. The Morgan fingerprint density at radius 1 is 1.00 bits per heavy atom. The molecular weight excluding hydrogens is 380 g/mol. The van der Waals surface area contributed by atoms with Gasteiger partial charge in [-0.3, -0.25) is 9.78 Å². The van der Waals surface area contributed by atoms with E-state index in [-0.39, 0.29) is 13.0 Å². The molecule has 0 saturated heterocycles. The van der Waals surface area contributed by atoms with Crippen molar-refractivity contribution in [2.24, 2.45) is 5.73 Å². The minimum atomic E-state index is -0.867. The van der Waals surface area contributed by atoms with Gasteiger partial charge in [0.15, 0.2) is 5.82 Å². The van der Waals surface area contributed by atoms with Crippen molar-refractivity contribution < 1.29 is 9.90 Å². The van der Waals surface area contributed by atoms with E-state index in [0.717, 1.165) is 24.0 Å². The number of hydrogen-bond acceptors (Lipinski definition) is 7. The van der Waals surface area contributed by atoms with Crippen LogP contribution >= 0.6 is 0 Å². The molecule has 0 aliphatic rings. The van der Waals surface area contributed by atoms with Crippen molar-refractivity contribution in [3.63, 3.8) is 0 Å². The van der Waals surface area contributed by atoms with Gasteiger partial charge in [0, 0.05) is 25.4 Å². The summed E-state index contributed by atoms with van der Waals surface area (Å²) < 4.78 is 0. The Balaban J connectivity index is 1.84. The number of benzene rings is 1. The van der Waals surface area contributed by atoms with Crippen molar-refractivity contribution in [1.29, 1.82) is 0 Å². The summed E-state index contributed by atoms with van der Waals surface area (Å²) >= 11 is 0. The van der Waals surface area contributed by atoms with E-state index < -0.39 is 5.97 Å². The van der Waals surface area contributed by atoms with Gasteiger partial charge in [0.25, 0.3) is 0 Å². The molecule has 0 aliphatic heterocycles. The van der Waals surface area contributed by atoms with Crippen LogP contribution in [0.1, 0.15) is 24.0 Å². The second-order valence-electron chi connectivity index (χ2n) is 6.81. The molecule has 0 amide bonds. The molecule has 3 aromatic rings. The summed E-state index contributed by atoms with van der Waals surface area (Å²) in [5, 5.41) is 15.3. The monoisotopic (exact) mass is 406 g/mol. The van der Waals surface area contributed by atoms with Crippen LogP contribution in [0, 0.1) is 0 Å². The van der Waals surface area contributed by atoms with E-state index in [9.17, 15) is 4.79 Å². The van der Waals surface area contributed by atoms with Gasteiger partial charge in [0.2, 0.25) is 0 Å². The van der Waals surface area contributed by atoms with Crippen molar-refractivity contribution in [1.82, 2.24) is 15.0 Å². The first kappa shape index (κ1) is 21.2. The zero-order valence-electron chi connectivity index (χ0n) is 16.7. The Kier molecular flexibility index (Phi) is 7.68. The Morgan fingerprint density at radius 2 is 1.77 bits per heavy atom. The molecule has 0 radical (unpaired) electrons. The SMILES string of the molecule is NCCCc1ccnc(-c2nc(NCCC(=O)O)cc(NCc3ccccc3)n2)c1. The van der Waals surface area contributed by atoms with Gasteiger partial charge in [-0.25, -0.2) is 9.97 Å². The number of carboxylic acids is 1. The Morgan fingerprint density at radius 3 is 2.50 bits per heavy atom. The van der Waals surface area contributed by atoms with Crippen molar-refractivity contribution in [2.45, 2.75) is 25.8 Å². The molecule has 0 unspecified atom stereocenters. The number of nitrogens with zero attached hydrogens (tertiary/aromatic N) is 3. The number of carboxylic acid groups (broad SMARTS) is 1. The van der Waals surface area contributed by atoms with Gasteiger partial charge in [-0.05, 0) is 42.6 Å². The number of aliphatic carboxylic acids is 1. The van der Waals surface area contributed by atoms with E-state index in [1.165, 1.54) is 0 Å². The van der Waals surface area contributed by atoms with Crippen LogP contribution in [0.15, 0.2) is 54.7 Å². The molecule has 0 bridgehead atoms. The summed E-state index contributed by atoms with van der Waals surface area (Å²) in [6.07, 6.45) is 3.50. The van der Waals surface area contributed by atoms with E-state index in [0.29, 0.717) is 36.2 Å². The average molecular weight is 406 g/mol. The molecule has 0 fully saturated rings. The van der Waals surface area contributed by atoms with Crippen LogP contribution < -0.4 is 16.4 Å². The number of pyridine rings is 1. The van der Waals surface area contributed by atoms with Gasteiger partial charge < -0.3 is 21.5 Å². The molecule has 2 heterocycles. The summed E-state index contributed by atoms with van der Waals surface area (Å²) in [5.74, 6) is 0.788. The van der Waals surface area contributed by atoms with Gasteiger partial charge >= 0.3 is 5.97 Å². The largest absolute Gasteiger partial charge is 0.481 e. The number of hydrogen-bond donors (Lipinski definition) is 4. The highest BCUT2D eigenvalue weighted by Gasteiger charge is 2.10. The molecular formula is C22H26N6O2. The number of anilines is 2. The van der Waals surface area contributed by atoms with E-state index in [4.69, 9.17) is 10.8 Å². The maximum Gasteiger partial charge on any atom is 0.305 e. The van der Waals surface area contributed by atoms with Gasteiger partial charge in [-0.15, -0.1) is 0 Å². The summed E-state index contributed by atoms with van der Waals surface area (Å²) in [6.45, 7) is 1.51. The smallest absolute Gasteiger partial charge is 0.305 e. The van der Waals surface area contributed by atoms with Crippen LogP contribution in [-0.4, -0.2) is 39.1 Å². The maximum atomic E-state index is 10.8. The van der Waals surface area contributed by atoms with Crippen LogP contribution in [0.4, 0.5) is 11.6 Å². The molecule has 8 nitrogen and oxygen atoms in total. The maximum absolute atomic E-state index is 10.8. The molecule has 156 valence electrons. The first-order valence-electron chi connectivity index (χ1n) is 9.92. The minimum Gasteiger partial charge on any atom is -0.481 e. The summed E-state index contributed by atoms with van der Waals surface area (Å²) in [5.41, 5.74) is 8.52. The van der Waals surface area contributed by atoms with Crippen molar-refractivity contribution in [2.75, 3.05) is 23.7 Å². The molecule has 3 rings (SSSR count). The Bertz CT molecular complexity index is 965. The molecule has 30 heavy (non-hydrogen) atoms. The number of rotatable bonds is 11. The molecule has 0 spiro atoms. The lowest BCUT2D eigenvalue weighted by Crippen LogP contribution is -2.11. The van der Waals surface area contributed by atoms with Gasteiger partial charge in [-0.1, -0.05) is 30.3 Å². The Hall–Kier alpha value is -3.52. The molecule has 0 atom stereocenters. The molecule has 2 aromatic heterocycles. The van der Waals surface area contributed by atoms with Crippen LogP contribution in [0.5, 0.6) is 0 Å². The van der Waals surface area contributed by atoms with Crippen LogP contribution in [0.25, 0.3) is 11.5 Å². The second kappa shape index (κ2) is 10.9. The molecule has 0 aliphatic carbocycles. The lowest BCUT2D eigenvalue weighted by atomic mass is 10.1. The van der Waals surface area contributed by atoms with Crippen LogP contribution in [0.3, 0.4) is 0 Å². The molecule has 1 aromatic carbocycles. The van der Waals surface area contributed by atoms with Crippen LogP contribution in [-0.2, 0) is 17.8 Å². The standard InChI is InChI=1S/C22H26N6O2/c23-10-4-7-16-8-11-24-18(13-16)22-27-19(25-12-9-21(29)30)14-20(28-22)26-15-17-5-2-1-3-6-17/h1-3,5-6,8,11,13-14H,4,7,9-10,12,15,23H2,(H,29,30)(H2,25,26,27,28). The first-order valence-corrected chi connectivity index (χ1v) is 9.92. The van der Waals surface area contributed by atoms with Gasteiger partial charge in [-0.2, -0.15) is 0 Å². The summed E-state index contributed by atoms with van der Waals surface area (Å²) in [4.78, 5) is 24.4. The highest BCUT2D eigenvalue weighted by Crippen LogP contribution is 2.20. The third-order valence-electron chi connectivity index (χ3n) is 4.41. The predicted molar refractivity (Wildman–Crippen MR) is 117 cm³/mol. The first-order chi connectivity index (χ1) is 14.6.